The van der Waals surface area contributed by atoms with Gasteiger partial charge in [0, 0.05) is 0 Å². The Morgan fingerprint density at radius 2 is 2.00 bits per heavy atom. The molecule has 0 spiro atoms. The quantitative estimate of drug-likeness (QED) is 0.660. The second-order valence-electron chi connectivity index (χ2n) is 3.56. The Hall–Kier alpha value is -1.55. The molecule has 0 unspecified atom stereocenters. The summed E-state index contributed by atoms with van der Waals surface area (Å²) in [5.74, 6) is 0. The maximum Gasteiger partial charge on any atom is 0.0669 e. The summed E-state index contributed by atoms with van der Waals surface area (Å²) in [4.78, 5) is 0. The number of hydrogen-bond acceptors (Lipinski definition) is 1. The summed E-state index contributed by atoms with van der Waals surface area (Å²) in [6.07, 6.45) is 2.50. The van der Waals surface area contributed by atoms with Crippen molar-refractivity contribution >= 4 is 0 Å². The van der Waals surface area contributed by atoms with Crippen LogP contribution < -0.4 is 0 Å². The molecule has 0 aliphatic heterocycles. The lowest BCUT2D eigenvalue weighted by Crippen LogP contribution is -1.93. The van der Waals surface area contributed by atoms with Crippen molar-refractivity contribution in [1.82, 2.24) is 0 Å². The molecule has 0 saturated heterocycles. The van der Waals surface area contributed by atoms with Crippen molar-refractivity contribution in [2.24, 2.45) is 0 Å². The fraction of sp³-hybridized carbons (Fsp3) is 0.308. The highest BCUT2D eigenvalue weighted by Gasteiger charge is 2.00. The normalized spacial score (nSPS) is 9.43. The van der Waals surface area contributed by atoms with Crippen LogP contribution in [0.4, 0.5) is 0 Å². The lowest BCUT2D eigenvalue weighted by atomic mass is 9.99. The Morgan fingerprint density at radius 1 is 1.36 bits per heavy atom. The monoisotopic (exact) mass is 185 g/mol. The zero-order valence-electron chi connectivity index (χ0n) is 8.59. The topological polar surface area (TPSA) is 23.8 Å². The lowest BCUT2D eigenvalue weighted by molar-refractivity contribution is 0.929. The number of allylic oxidation sites excluding steroid dienone is 1. The van der Waals surface area contributed by atoms with Gasteiger partial charge >= 0.3 is 0 Å². The maximum absolute atomic E-state index is 8.65. The van der Waals surface area contributed by atoms with E-state index in [1.54, 1.807) is 0 Å². The van der Waals surface area contributed by atoms with Crippen molar-refractivity contribution in [2.75, 3.05) is 0 Å². The van der Waals surface area contributed by atoms with Crippen LogP contribution in [0.15, 0.2) is 36.4 Å². The molecule has 0 radical (unpaired) electrons. The molecule has 1 aromatic carbocycles. The molecule has 0 aromatic heterocycles. The summed E-state index contributed by atoms with van der Waals surface area (Å²) in [6.45, 7) is 5.92. The van der Waals surface area contributed by atoms with Crippen LogP contribution >= 0.6 is 0 Å². The van der Waals surface area contributed by atoms with Crippen LogP contribution in [0.5, 0.6) is 0 Å². The van der Waals surface area contributed by atoms with Crippen molar-refractivity contribution in [3.05, 3.63) is 47.5 Å². The van der Waals surface area contributed by atoms with Gasteiger partial charge in [-0.25, -0.2) is 0 Å². The van der Waals surface area contributed by atoms with E-state index in [9.17, 15) is 0 Å². The van der Waals surface area contributed by atoms with Gasteiger partial charge in [0.25, 0.3) is 0 Å². The first kappa shape index (κ1) is 10.5. The van der Waals surface area contributed by atoms with Gasteiger partial charge in [-0.15, -0.1) is 6.58 Å². The Kier molecular flexibility index (Phi) is 3.94. The summed E-state index contributed by atoms with van der Waals surface area (Å²) in [6, 6.07) is 10.3. The first-order valence-electron chi connectivity index (χ1n) is 4.82. The third kappa shape index (κ3) is 3.06. The summed E-state index contributed by atoms with van der Waals surface area (Å²) in [5, 5.41) is 8.65. The highest BCUT2D eigenvalue weighted by Crippen LogP contribution is 2.13. The van der Waals surface area contributed by atoms with E-state index in [1.165, 1.54) is 11.1 Å². The predicted octanol–water partition coefficient (Wildman–Crippen LogP) is 3.26. The van der Waals surface area contributed by atoms with Crippen LogP contribution in [0, 0.1) is 11.3 Å². The molecule has 0 N–H and O–H groups in total. The van der Waals surface area contributed by atoms with Crippen molar-refractivity contribution in [2.45, 2.75) is 26.2 Å². The number of benzene rings is 1. The van der Waals surface area contributed by atoms with Gasteiger partial charge in [-0.3, -0.25) is 0 Å². The summed E-state index contributed by atoms with van der Waals surface area (Å²) < 4.78 is 0. The Bertz CT molecular complexity index is 358. The molecule has 0 fully saturated rings. The molecule has 1 nitrogen and oxygen atoms in total. The Morgan fingerprint density at radius 3 is 2.57 bits per heavy atom. The van der Waals surface area contributed by atoms with Crippen LogP contribution in [0.25, 0.3) is 0 Å². The predicted molar refractivity (Wildman–Crippen MR) is 58.9 cm³/mol. The Balaban J connectivity index is 2.74. The van der Waals surface area contributed by atoms with Crippen LogP contribution in [0.1, 0.15) is 24.5 Å². The molecule has 0 atom stereocenters. The van der Waals surface area contributed by atoms with Crippen LogP contribution in [0.3, 0.4) is 0 Å². The fourth-order valence-electron chi connectivity index (χ4n) is 1.41. The second kappa shape index (κ2) is 5.24. The smallest absolute Gasteiger partial charge is 0.0669 e. The van der Waals surface area contributed by atoms with E-state index < -0.39 is 0 Å². The fourth-order valence-corrected chi connectivity index (χ4v) is 1.41. The second-order valence-corrected chi connectivity index (χ2v) is 3.56. The molecule has 14 heavy (non-hydrogen) atoms. The first-order chi connectivity index (χ1) is 6.74. The number of rotatable bonds is 4. The third-order valence-electron chi connectivity index (χ3n) is 2.21. The number of aryl methyl sites for hydroxylation is 1. The molecule has 0 aliphatic carbocycles. The minimum Gasteiger partial charge on any atom is -0.198 e. The summed E-state index contributed by atoms with van der Waals surface area (Å²) in [5.41, 5.74) is 3.62. The van der Waals surface area contributed by atoms with E-state index in [1.807, 2.05) is 25.1 Å². The molecule has 1 heteroatoms. The maximum atomic E-state index is 8.65. The number of nitriles is 1. The minimum absolute atomic E-state index is 0.506. The molecular weight excluding hydrogens is 170 g/mol. The van der Waals surface area contributed by atoms with E-state index >= 15 is 0 Å². The van der Waals surface area contributed by atoms with Crippen molar-refractivity contribution in [1.29, 1.82) is 5.26 Å². The molecule has 0 amide bonds. The minimum atomic E-state index is 0.506. The van der Waals surface area contributed by atoms with Gasteiger partial charge in [0.15, 0.2) is 0 Å². The largest absolute Gasteiger partial charge is 0.198 e. The van der Waals surface area contributed by atoms with E-state index in [4.69, 9.17) is 5.26 Å². The van der Waals surface area contributed by atoms with Crippen LogP contribution in [0.2, 0.25) is 0 Å². The average Bonchev–Trinajstić information content (AvgIpc) is 2.17. The molecule has 0 saturated carbocycles. The molecule has 72 valence electrons. The van der Waals surface area contributed by atoms with Gasteiger partial charge < -0.3 is 0 Å². The zero-order valence-corrected chi connectivity index (χ0v) is 8.59. The summed E-state index contributed by atoms with van der Waals surface area (Å²) in [7, 11) is 0. The van der Waals surface area contributed by atoms with Gasteiger partial charge in [-0.05, 0) is 30.9 Å². The number of nitrogens with zero attached hydrogens (tertiary/aromatic N) is 1. The first-order valence-corrected chi connectivity index (χ1v) is 4.82. The van der Waals surface area contributed by atoms with E-state index in [-0.39, 0.29) is 0 Å². The van der Waals surface area contributed by atoms with Gasteiger partial charge in [0.05, 0.1) is 12.5 Å². The van der Waals surface area contributed by atoms with Crippen molar-refractivity contribution in [3.8, 4) is 6.07 Å². The zero-order chi connectivity index (χ0) is 10.4. The summed E-state index contributed by atoms with van der Waals surface area (Å²) >= 11 is 0. The average molecular weight is 185 g/mol. The molecule has 0 heterocycles. The molecule has 0 bridgehead atoms. The van der Waals surface area contributed by atoms with Crippen molar-refractivity contribution < 1.29 is 0 Å². The lowest BCUT2D eigenvalue weighted by Gasteiger charge is -2.05. The van der Waals surface area contributed by atoms with E-state index in [0.717, 1.165) is 18.4 Å². The number of hydrogen-bond donors (Lipinski definition) is 0. The highest BCUT2D eigenvalue weighted by atomic mass is 14.2. The molecule has 1 rings (SSSR count). The van der Waals surface area contributed by atoms with Crippen LogP contribution in [-0.2, 0) is 12.8 Å². The molecule has 1 aromatic rings. The van der Waals surface area contributed by atoms with Gasteiger partial charge in [0.1, 0.15) is 0 Å². The highest BCUT2D eigenvalue weighted by molar-refractivity contribution is 5.29. The van der Waals surface area contributed by atoms with Crippen LogP contribution in [-0.4, -0.2) is 0 Å². The van der Waals surface area contributed by atoms with E-state index in [2.05, 4.69) is 18.7 Å². The van der Waals surface area contributed by atoms with Gasteiger partial charge in [0.2, 0.25) is 0 Å². The van der Waals surface area contributed by atoms with Gasteiger partial charge in [-0.1, -0.05) is 29.8 Å². The molecule has 0 aliphatic rings. The van der Waals surface area contributed by atoms with Gasteiger partial charge in [-0.2, -0.15) is 5.26 Å². The van der Waals surface area contributed by atoms with E-state index in [0.29, 0.717) is 6.42 Å². The van der Waals surface area contributed by atoms with Crippen molar-refractivity contribution in [3.63, 3.8) is 0 Å². The SMILES string of the molecule is C=C(C)CCc1ccccc1CC#N. The molecular formula is C13H15N. The Labute approximate surface area is 85.7 Å². The standard InChI is InChI=1S/C13H15N/c1-11(2)7-8-12-5-3-4-6-13(12)9-10-14/h3-6H,1,7-9H2,2H3. The third-order valence-corrected chi connectivity index (χ3v) is 2.21.